The first-order chi connectivity index (χ1) is 16.2. The van der Waals surface area contributed by atoms with Crippen molar-refractivity contribution in [1.82, 2.24) is 14.8 Å². The number of ether oxygens (including phenoxy) is 1. The molecule has 0 atom stereocenters. The van der Waals surface area contributed by atoms with E-state index in [9.17, 15) is 13.2 Å². The molecule has 2 aliphatic rings. The van der Waals surface area contributed by atoms with Gasteiger partial charge in [0, 0.05) is 49.7 Å². The Bertz CT molecular complexity index is 1070. The van der Waals surface area contributed by atoms with Crippen molar-refractivity contribution in [3.05, 3.63) is 48.2 Å². The molecule has 1 aromatic carbocycles. The van der Waals surface area contributed by atoms with Crippen molar-refractivity contribution < 1.29 is 17.9 Å². The minimum absolute atomic E-state index is 0.186. The van der Waals surface area contributed by atoms with Crippen LogP contribution >= 0.6 is 0 Å². The number of benzene rings is 1. The normalized spacial score (nSPS) is 17.4. The standard InChI is InChI=1S/C26H35N3O4S/c1-19(2)18-33-26(30)28-14-12-23(13-15-28)29(22-7-8-22)17-20-4-11-25(27-16-20)21-5-9-24(10-6-21)34(3,31)32/h4-6,9-11,16,19,22-23H,7-8,12-15,17-18H2,1-3H3. The molecule has 1 amide bonds. The van der Waals surface area contributed by atoms with Crippen LogP contribution in [0.4, 0.5) is 4.79 Å². The van der Waals surface area contributed by atoms with Gasteiger partial charge >= 0.3 is 6.09 Å². The Morgan fingerprint density at radius 3 is 2.24 bits per heavy atom. The smallest absolute Gasteiger partial charge is 0.409 e. The Morgan fingerprint density at radius 2 is 1.71 bits per heavy atom. The SMILES string of the molecule is CC(C)COC(=O)N1CCC(N(Cc2ccc(-c3ccc(S(C)(=O)=O)cc3)nc2)C2CC2)CC1. The van der Waals surface area contributed by atoms with Crippen LogP contribution in [-0.4, -0.2) is 67.3 Å². The van der Waals surface area contributed by atoms with Crippen molar-refractivity contribution in [3.63, 3.8) is 0 Å². The van der Waals surface area contributed by atoms with E-state index in [1.165, 1.54) is 24.7 Å². The lowest BCUT2D eigenvalue weighted by molar-refractivity contribution is 0.0616. The third-order valence-corrected chi connectivity index (χ3v) is 7.64. The second-order valence-electron chi connectivity index (χ2n) is 9.94. The summed E-state index contributed by atoms with van der Waals surface area (Å²) in [6.45, 7) is 6.90. The Balaban J connectivity index is 1.35. The fourth-order valence-electron chi connectivity index (χ4n) is 4.44. The van der Waals surface area contributed by atoms with Crippen molar-refractivity contribution in [2.45, 2.75) is 63.1 Å². The van der Waals surface area contributed by atoms with Gasteiger partial charge < -0.3 is 9.64 Å². The summed E-state index contributed by atoms with van der Waals surface area (Å²) in [5, 5.41) is 0. The summed E-state index contributed by atoms with van der Waals surface area (Å²) in [6, 6.07) is 12.0. The molecular formula is C26H35N3O4S. The molecule has 184 valence electrons. The molecule has 2 fully saturated rings. The van der Waals surface area contributed by atoms with Crippen molar-refractivity contribution in [2.24, 2.45) is 5.92 Å². The van der Waals surface area contributed by atoms with Gasteiger partial charge in [0.15, 0.2) is 9.84 Å². The number of hydrogen-bond acceptors (Lipinski definition) is 6. The van der Waals surface area contributed by atoms with Crippen LogP contribution < -0.4 is 0 Å². The van der Waals surface area contributed by atoms with E-state index in [0.717, 1.165) is 43.7 Å². The molecule has 1 aliphatic heterocycles. The minimum Gasteiger partial charge on any atom is -0.449 e. The average Bonchev–Trinajstić information content (AvgIpc) is 3.66. The van der Waals surface area contributed by atoms with Crippen LogP contribution in [0.15, 0.2) is 47.5 Å². The molecule has 34 heavy (non-hydrogen) atoms. The molecule has 0 bridgehead atoms. The Morgan fingerprint density at radius 1 is 1.06 bits per heavy atom. The third-order valence-electron chi connectivity index (χ3n) is 6.52. The van der Waals surface area contributed by atoms with E-state index in [1.807, 2.05) is 31.0 Å². The van der Waals surface area contributed by atoms with Crippen molar-refractivity contribution in [3.8, 4) is 11.3 Å². The number of likely N-dealkylation sites (tertiary alicyclic amines) is 1. The first kappa shape index (κ1) is 24.7. The predicted octanol–water partition coefficient (Wildman–Crippen LogP) is 4.37. The zero-order valence-electron chi connectivity index (χ0n) is 20.3. The highest BCUT2D eigenvalue weighted by Crippen LogP contribution is 2.33. The summed E-state index contributed by atoms with van der Waals surface area (Å²) in [6.07, 6.45) is 7.34. The molecular weight excluding hydrogens is 450 g/mol. The van der Waals surface area contributed by atoms with Gasteiger partial charge in [-0.3, -0.25) is 9.88 Å². The summed E-state index contributed by atoms with van der Waals surface area (Å²) in [5.41, 5.74) is 2.90. The summed E-state index contributed by atoms with van der Waals surface area (Å²) in [5.74, 6) is 0.346. The monoisotopic (exact) mass is 485 g/mol. The number of amides is 1. The molecule has 0 radical (unpaired) electrons. The maximum absolute atomic E-state index is 12.3. The number of carbonyl (C=O) groups is 1. The van der Waals surface area contributed by atoms with Gasteiger partial charge in [-0.1, -0.05) is 32.0 Å². The molecule has 1 aromatic heterocycles. The number of rotatable bonds is 8. The second kappa shape index (κ2) is 10.4. The first-order valence-corrected chi connectivity index (χ1v) is 14.0. The maximum Gasteiger partial charge on any atom is 0.409 e. The number of carbonyl (C=O) groups excluding carboxylic acids is 1. The lowest BCUT2D eigenvalue weighted by Gasteiger charge is -2.38. The van der Waals surface area contributed by atoms with Crippen LogP contribution in [0.2, 0.25) is 0 Å². The fraction of sp³-hybridized carbons (Fsp3) is 0.538. The molecule has 1 saturated carbocycles. The molecule has 0 unspecified atom stereocenters. The molecule has 2 aromatic rings. The van der Waals surface area contributed by atoms with Crippen molar-refractivity contribution >= 4 is 15.9 Å². The maximum atomic E-state index is 12.3. The largest absolute Gasteiger partial charge is 0.449 e. The molecule has 1 saturated heterocycles. The van der Waals surface area contributed by atoms with Crippen LogP contribution in [0.25, 0.3) is 11.3 Å². The van der Waals surface area contributed by atoms with E-state index in [4.69, 9.17) is 4.74 Å². The van der Waals surface area contributed by atoms with Gasteiger partial charge in [-0.2, -0.15) is 0 Å². The van der Waals surface area contributed by atoms with Crippen LogP contribution in [-0.2, 0) is 21.1 Å². The summed E-state index contributed by atoms with van der Waals surface area (Å²) in [7, 11) is -3.20. The Hall–Kier alpha value is -2.45. The lowest BCUT2D eigenvalue weighted by atomic mass is 10.0. The highest BCUT2D eigenvalue weighted by molar-refractivity contribution is 7.90. The number of sulfone groups is 1. The molecule has 2 heterocycles. The third kappa shape index (κ3) is 6.36. The van der Waals surface area contributed by atoms with Crippen molar-refractivity contribution in [1.29, 1.82) is 0 Å². The van der Waals surface area contributed by atoms with Gasteiger partial charge in [-0.25, -0.2) is 13.2 Å². The average molecular weight is 486 g/mol. The minimum atomic E-state index is -3.20. The zero-order chi connectivity index (χ0) is 24.3. The molecule has 4 rings (SSSR count). The van der Waals surface area contributed by atoms with Gasteiger partial charge in [0.1, 0.15) is 0 Å². The summed E-state index contributed by atoms with van der Waals surface area (Å²) >= 11 is 0. The van der Waals surface area contributed by atoms with E-state index >= 15 is 0 Å². The molecule has 1 aliphatic carbocycles. The van der Waals surface area contributed by atoms with Crippen molar-refractivity contribution in [2.75, 3.05) is 26.0 Å². The molecule has 8 heteroatoms. The summed E-state index contributed by atoms with van der Waals surface area (Å²) < 4.78 is 28.8. The number of aromatic nitrogens is 1. The number of piperidine rings is 1. The van der Waals surface area contributed by atoms with Gasteiger partial charge in [0.05, 0.1) is 17.2 Å². The second-order valence-corrected chi connectivity index (χ2v) is 12.0. The van der Waals surface area contributed by atoms with E-state index in [2.05, 4.69) is 16.0 Å². The van der Waals surface area contributed by atoms with E-state index < -0.39 is 9.84 Å². The van der Waals surface area contributed by atoms with Crippen LogP contribution in [0.3, 0.4) is 0 Å². The van der Waals surface area contributed by atoms with E-state index in [-0.39, 0.29) is 6.09 Å². The lowest BCUT2D eigenvalue weighted by Crippen LogP contribution is -2.47. The topological polar surface area (TPSA) is 79.8 Å². The summed E-state index contributed by atoms with van der Waals surface area (Å²) in [4.78, 5) is 21.7. The van der Waals surface area contributed by atoms with E-state index in [1.54, 1.807) is 24.3 Å². The highest BCUT2D eigenvalue weighted by atomic mass is 32.2. The highest BCUT2D eigenvalue weighted by Gasteiger charge is 2.36. The van der Waals surface area contributed by atoms with Gasteiger partial charge in [-0.15, -0.1) is 0 Å². The number of pyridine rings is 1. The fourth-order valence-corrected chi connectivity index (χ4v) is 5.07. The molecule has 7 nitrogen and oxygen atoms in total. The predicted molar refractivity (Wildman–Crippen MR) is 132 cm³/mol. The van der Waals surface area contributed by atoms with Gasteiger partial charge in [0.2, 0.25) is 0 Å². The van der Waals surface area contributed by atoms with E-state index in [0.29, 0.717) is 29.5 Å². The quantitative estimate of drug-likeness (QED) is 0.552. The van der Waals surface area contributed by atoms with Crippen LogP contribution in [0.5, 0.6) is 0 Å². The number of nitrogens with zero attached hydrogens (tertiary/aromatic N) is 3. The first-order valence-electron chi connectivity index (χ1n) is 12.1. The Kier molecular flexibility index (Phi) is 7.57. The van der Waals surface area contributed by atoms with Gasteiger partial charge in [0.25, 0.3) is 0 Å². The van der Waals surface area contributed by atoms with Gasteiger partial charge in [-0.05, 0) is 55.4 Å². The number of hydrogen-bond donors (Lipinski definition) is 0. The Labute approximate surface area is 203 Å². The molecule has 0 N–H and O–H groups in total. The van der Waals surface area contributed by atoms with Crippen LogP contribution in [0, 0.1) is 5.92 Å². The van der Waals surface area contributed by atoms with Crippen LogP contribution in [0.1, 0.15) is 45.1 Å². The molecule has 0 spiro atoms. The zero-order valence-corrected chi connectivity index (χ0v) is 21.1.